The van der Waals surface area contributed by atoms with E-state index in [0.29, 0.717) is 22.6 Å². The quantitative estimate of drug-likeness (QED) is 0.705. The first-order chi connectivity index (χ1) is 7.13. The second-order valence-corrected chi connectivity index (χ2v) is 2.93. The summed E-state index contributed by atoms with van der Waals surface area (Å²) in [5, 5.41) is 8.88. The third-order valence-electron chi connectivity index (χ3n) is 2.01. The van der Waals surface area contributed by atoms with Crippen molar-refractivity contribution in [2.45, 2.75) is 6.92 Å². The molecule has 0 aliphatic heterocycles. The Hall–Kier alpha value is -2.02. The summed E-state index contributed by atoms with van der Waals surface area (Å²) in [6, 6.07) is 5.01. The van der Waals surface area contributed by atoms with Gasteiger partial charge in [-0.25, -0.2) is 0 Å². The molecule has 0 spiro atoms. The number of ether oxygens (including phenoxy) is 2. The molecular weight excluding hydrogens is 194 g/mol. The van der Waals surface area contributed by atoms with Crippen molar-refractivity contribution in [3.05, 3.63) is 23.3 Å². The molecule has 15 heavy (non-hydrogen) atoms. The van der Waals surface area contributed by atoms with Gasteiger partial charge in [-0.3, -0.25) is 4.79 Å². The lowest BCUT2D eigenvalue weighted by Crippen LogP contribution is -1.99. The average molecular weight is 205 g/mol. The van der Waals surface area contributed by atoms with E-state index in [9.17, 15) is 4.79 Å². The van der Waals surface area contributed by atoms with Crippen LogP contribution in [0.4, 0.5) is 0 Å². The van der Waals surface area contributed by atoms with E-state index in [0.717, 1.165) is 0 Å². The summed E-state index contributed by atoms with van der Waals surface area (Å²) in [5.74, 6) is 0.624. The lowest BCUT2D eigenvalue weighted by Gasteiger charge is -2.10. The minimum Gasteiger partial charge on any atom is -0.493 e. The monoisotopic (exact) mass is 205 g/mol. The van der Waals surface area contributed by atoms with E-state index in [1.54, 1.807) is 6.07 Å². The molecule has 0 saturated heterocycles. The van der Waals surface area contributed by atoms with Gasteiger partial charge in [-0.1, -0.05) is 0 Å². The summed E-state index contributed by atoms with van der Waals surface area (Å²) >= 11 is 0. The molecule has 0 N–H and O–H groups in total. The van der Waals surface area contributed by atoms with E-state index >= 15 is 0 Å². The Bertz CT molecular complexity index is 432. The van der Waals surface area contributed by atoms with Crippen LogP contribution in [0.1, 0.15) is 22.8 Å². The number of hydrogen-bond acceptors (Lipinski definition) is 4. The molecule has 0 fully saturated rings. The van der Waals surface area contributed by atoms with E-state index in [-0.39, 0.29) is 5.78 Å². The zero-order chi connectivity index (χ0) is 11.4. The Morgan fingerprint density at radius 1 is 1.33 bits per heavy atom. The molecule has 1 rings (SSSR count). The number of hydrogen-bond donors (Lipinski definition) is 0. The lowest BCUT2D eigenvalue weighted by atomic mass is 10.1. The second-order valence-electron chi connectivity index (χ2n) is 2.93. The van der Waals surface area contributed by atoms with Crippen LogP contribution < -0.4 is 9.47 Å². The third-order valence-corrected chi connectivity index (χ3v) is 2.01. The highest BCUT2D eigenvalue weighted by Crippen LogP contribution is 2.32. The van der Waals surface area contributed by atoms with Gasteiger partial charge in [0.05, 0.1) is 19.8 Å². The molecule has 0 unspecified atom stereocenters. The minimum absolute atomic E-state index is 0.118. The summed E-state index contributed by atoms with van der Waals surface area (Å²) in [6.07, 6.45) is 0. The molecule has 0 aliphatic carbocycles. The van der Waals surface area contributed by atoms with Crippen LogP contribution in [-0.4, -0.2) is 20.0 Å². The first kappa shape index (κ1) is 11.1. The zero-order valence-corrected chi connectivity index (χ0v) is 8.83. The van der Waals surface area contributed by atoms with E-state index in [4.69, 9.17) is 14.7 Å². The first-order valence-corrected chi connectivity index (χ1v) is 4.31. The van der Waals surface area contributed by atoms with Crippen LogP contribution >= 0.6 is 0 Å². The number of rotatable bonds is 3. The molecule has 78 valence electrons. The van der Waals surface area contributed by atoms with Crippen molar-refractivity contribution >= 4 is 5.78 Å². The molecule has 0 atom stereocenters. The summed E-state index contributed by atoms with van der Waals surface area (Å²) in [6.45, 7) is 1.43. The first-order valence-electron chi connectivity index (χ1n) is 4.31. The zero-order valence-electron chi connectivity index (χ0n) is 8.83. The Morgan fingerprint density at radius 3 is 2.40 bits per heavy atom. The number of carbonyl (C=O) groups is 1. The molecule has 0 radical (unpaired) electrons. The smallest absolute Gasteiger partial charge is 0.178 e. The number of ketones is 1. The summed E-state index contributed by atoms with van der Waals surface area (Å²) < 4.78 is 10.1. The third kappa shape index (κ3) is 2.08. The molecule has 1 aromatic rings. The normalized spacial score (nSPS) is 9.20. The fraction of sp³-hybridized carbons (Fsp3) is 0.273. The van der Waals surface area contributed by atoms with Crippen molar-refractivity contribution in [2.24, 2.45) is 0 Å². The molecule has 4 nitrogen and oxygen atoms in total. The van der Waals surface area contributed by atoms with Gasteiger partial charge in [-0.05, 0) is 19.1 Å². The molecule has 0 bridgehead atoms. The van der Waals surface area contributed by atoms with Gasteiger partial charge in [0.2, 0.25) is 0 Å². The highest BCUT2D eigenvalue weighted by atomic mass is 16.5. The standard InChI is InChI=1S/C11H11NO3/c1-7(13)8-4-9(6-12)11(15-3)10(5-8)14-2/h4-5H,1-3H3. The highest BCUT2D eigenvalue weighted by Gasteiger charge is 2.13. The fourth-order valence-electron chi connectivity index (χ4n) is 1.25. The molecule has 0 aliphatic rings. The molecule has 0 saturated carbocycles. The highest BCUT2D eigenvalue weighted by molar-refractivity contribution is 5.95. The van der Waals surface area contributed by atoms with E-state index in [2.05, 4.69) is 0 Å². The van der Waals surface area contributed by atoms with Gasteiger partial charge in [-0.2, -0.15) is 5.26 Å². The van der Waals surface area contributed by atoms with Crippen LogP contribution in [0.2, 0.25) is 0 Å². The largest absolute Gasteiger partial charge is 0.493 e. The van der Waals surface area contributed by atoms with Crippen LogP contribution in [-0.2, 0) is 0 Å². The van der Waals surface area contributed by atoms with Gasteiger partial charge in [0.15, 0.2) is 17.3 Å². The summed E-state index contributed by atoms with van der Waals surface area (Å²) in [7, 11) is 2.91. The minimum atomic E-state index is -0.118. The number of nitrogens with zero attached hydrogens (tertiary/aromatic N) is 1. The molecule has 1 aromatic carbocycles. The van der Waals surface area contributed by atoms with Gasteiger partial charge < -0.3 is 9.47 Å². The number of nitriles is 1. The molecular formula is C11H11NO3. The van der Waals surface area contributed by atoms with Crippen LogP contribution in [0.15, 0.2) is 12.1 Å². The predicted octanol–water partition coefficient (Wildman–Crippen LogP) is 1.78. The van der Waals surface area contributed by atoms with Crippen molar-refractivity contribution in [3.8, 4) is 17.6 Å². The van der Waals surface area contributed by atoms with Gasteiger partial charge in [0.1, 0.15) is 6.07 Å². The van der Waals surface area contributed by atoms with Crippen LogP contribution in [0.5, 0.6) is 11.5 Å². The topological polar surface area (TPSA) is 59.3 Å². The van der Waals surface area contributed by atoms with Crippen LogP contribution in [0, 0.1) is 11.3 Å². The average Bonchev–Trinajstić information content (AvgIpc) is 2.26. The van der Waals surface area contributed by atoms with E-state index in [1.165, 1.54) is 27.2 Å². The molecule has 0 heterocycles. The van der Waals surface area contributed by atoms with Crippen molar-refractivity contribution in [2.75, 3.05) is 14.2 Å². The number of carbonyl (C=O) groups excluding carboxylic acids is 1. The lowest BCUT2D eigenvalue weighted by molar-refractivity contribution is 0.101. The molecule has 0 amide bonds. The van der Waals surface area contributed by atoms with Gasteiger partial charge in [-0.15, -0.1) is 0 Å². The Morgan fingerprint density at radius 2 is 2.00 bits per heavy atom. The van der Waals surface area contributed by atoms with Crippen molar-refractivity contribution in [1.29, 1.82) is 5.26 Å². The number of methoxy groups -OCH3 is 2. The maximum Gasteiger partial charge on any atom is 0.178 e. The molecule has 4 heteroatoms. The van der Waals surface area contributed by atoms with E-state index < -0.39 is 0 Å². The van der Waals surface area contributed by atoms with Crippen LogP contribution in [0.25, 0.3) is 0 Å². The predicted molar refractivity (Wildman–Crippen MR) is 54.3 cm³/mol. The fourth-order valence-corrected chi connectivity index (χ4v) is 1.25. The SMILES string of the molecule is COc1cc(C(C)=O)cc(C#N)c1OC. The Labute approximate surface area is 88.0 Å². The summed E-state index contributed by atoms with van der Waals surface area (Å²) in [4.78, 5) is 11.2. The maximum absolute atomic E-state index is 11.2. The van der Waals surface area contributed by atoms with Crippen LogP contribution in [0.3, 0.4) is 0 Å². The van der Waals surface area contributed by atoms with Crippen molar-refractivity contribution in [3.63, 3.8) is 0 Å². The van der Waals surface area contributed by atoms with Crippen molar-refractivity contribution in [1.82, 2.24) is 0 Å². The summed E-state index contributed by atoms with van der Waals surface area (Å²) in [5.41, 5.74) is 0.728. The van der Waals surface area contributed by atoms with Gasteiger partial charge >= 0.3 is 0 Å². The maximum atomic E-state index is 11.2. The van der Waals surface area contributed by atoms with Crippen molar-refractivity contribution < 1.29 is 14.3 Å². The van der Waals surface area contributed by atoms with E-state index in [1.807, 2.05) is 6.07 Å². The Kier molecular flexibility index (Phi) is 3.29. The number of Topliss-reactive ketones (excluding diaryl/α,β-unsaturated/α-hetero) is 1. The van der Waals surface area contributed by atoms with Gasteiger partial charge in [0.25, 0.3) is 0 Å². The number of benzene rings is 1. The second kappa shape index (κ2) is 4.47. The Balaban J connectivity index is 3.44. The molecule has 0 aromatic heterocycles. The van der Waals surface area contributed by atoms with Gasteiger partial charge in [0, 0.05) is 5.56 Å².